The zero-order valence-electron chi connectivity index (χ0n) is 10.2. The van der Waals surface area contributed by atoms with E-state index in [2.05, 4.69) is 10.3 Å². The van der Waals surface area contributed by atoms with Gasteiger partial charge in [-0.15, -0.1) is 11.3 Å². The van der Waals surface area contributed by atoms with Gasteiger partial charge in [-0.3, -0.25) is 0 Å². The third-order valence-electron chi connectivity index (χ3n) is 3.46. The Bertz CT molecular complexity index is 448. The Balaban J connectivity index is 1.69. The number of nitrogens with one attached hydrogen (secondary N) is 1. The van der Waals surface area contributed by atoms with Gasteiger partial charge in [0.05, 0.1) is 30.4 Å². The molecule has 3 rings (SSSR count). The molecular formula is C12H16N2O3S. The molecule has 3 heterocycles. The number of hydrogen-bond donors (Lipinski definition) is 1. The van der Waals surface area contributed by atoms with E-state index in [-0.39, 0.29) is 12.1 Å². The van der Waals surface area contributed by atoms with Crippen molar-refractivity contribution in [3.05, 3.63) is 11.2 Å². The van der Waals surface area contributed by atoms with E-state index in [0.29, 0.717) is 24.4 Å². The number of esters is 1. The largest absolute Gasteiger partial charge is 0.461 e. The Morgan fingerprint density at radius 3 is 3.22 bits per heavy atom. The average molecular weight is 268 g/mol. The van der Waals surface area contributed by atoms with Crippen molar-refractivity contribution < 1.29 is 14.3 Å². The van der Waals surface area contributed by atoms with E-state index in [1.54, 1.807) is 12.4 Å². The topological polar surface area (TPSA) is 60.5 Å². The standard InChI is InChI=1S/C12H16N2O3S/c1-2-16-12(15)10-11(18-6-13-10)14-8-5-7-3-4-9(8)17-7/h6-9,14H,2-5H2,1H3. The summed E-state index contributed by atoms with van der Waals surface area (Å²) in [7, 11) is 0. The van der Waals surface area contributed by atoms with Crippen LogP contribution < -0.4 is 5.32 Å². The third-order valence-corrected chi connectivity index (χ3v) is 4.22. The van der Waals surface area contributed by atoms with E-state index in [9.17, 15) is 4.79 Å². The van der Waals surface area contributed by atoms with Crippen LogP contribution in [0.1, 0.15) is 36.7 Å². The van der Waals surface area contributed by atoms with Gasteiger partial charge in [-0.1, -0.05) is 0 Å². The van der Waals surface area contributed by atoms with Crippen LogP contribution in [0, 0.1) is 0 Å². The summed E-state index contributed by atoms with van der Waals surface area (Å²) in [6.45, 7) is 2.16. The van der Waals surface area contributed by atoms with Gasteiger partial charge >= 0.3 is 5.97 Å². The van der Waals surface area contributed by atoms with E-state index >= 15 is 0 Å². The predicted octanol–water partition coefficient (Wildman–Crippen LogP) is 2.05. The van der Waals surface area contributed by atoms with E-state index < -0.39 is 0 Å². The van der Waals surface area contributed by atoms with Gasteiger partial charge in [0.15, 0.2) is 5.69 Å². The monoisotopic (exact) mass is 268 g/mol. The quantitative estimate of drug-likeness (QED) is 0.847. The molecule has 6 heteroatoms. The summed E-state index contributed by atoms with van der Waals surface area (Å²) in [6, 6.07) is 0.303. The molecule has 1 aromatic heterocycles. The first-order valence-corrected chi connectivity index (χ1v) is 7.18. The Labute approximate surface area is 110 Å². The molecule has 0 aliphatic carbocycles. The lowest BCUT2D eigenvalue weighted by atomic mass is 9.96. The summed E-state index contributed by atoms with van der Waals surface area (Å²) in [4.78, 5) is 15.8. The summed E-state index contributed by atoms with van der Waals surface area (Å²) in [5.41, 5.74) is 2.06. The van der Waals surface area contributed by atoms with E-state index in [4.69, 9.17) is 9.47 Å². The number of fused-ring (bicyclic) bond motifs is 2. The van der Waals surface area contributed by atoms with E-state index in [1.165, 1.54) is 11.3 Å². The molecule has 3 unspecified atom stereocenters. The molecular weight excluding hydrogens is 252 g/mol. The van der Waals surface area contributed by atoms with Gasteiger partial charge in [-0.05, 0) is 26.2 Å². The molecule has 2 fully saturated rings. The Kier molecular flexibility index (Phi) is 3.22. The highest BCUT2D eigenvalue weighted by Crippen LogP contribution is 2.37. The molecule has 2 saturated heterocycles. The van der Waals surface area contributed by atoms with Gasteiger partial charge < -0.3 is 14.8 Å². The second-order valence-electron chi connectivity index (χ2n) is 4.61. The molecule has 1 N–H and O–H groups in total. The number of aromatic nitrogens is 1. The summed E-state index contributed by atoms with van der Waals surface area (Å²) < 4.78 is 10.8. The molecule has 98 valence electrons. The van der Waals surface area contributed by atoms with Gasteiger partial charge in [0.1, 0.15) is 5.00 Å². The second-order valence-corrected chi connectivity index (χ2v) is 5.47. The Morgan fingerprint density at radius 2 is 2.56 bits per heavy atom. The van der Waals surface area contributed by atoms with Gasteiger partial charge in [0.2, 0.25) is 0 Å². The Morgan fingerprint density at radius 1 is 1.67 bits per heavy atom. The van der Waals surface area contributed by atoms with Crippen LogP contribution in [0.15, 0.2) is 5.51 Å². The van der Waals surface area contributed by atoms with Gasteiger partial charge in [-0.2, -0.15) is 0 Å². The SMILES string of the molecule is CCOC(=O)c1ncsc1NC1CC2CCC1O2. The highest BCUT2D eigenvalue weighted by Gasteiger charge is 2.41. The summed E-state index contributed by atoms with van der Waals surface area (Å²) in [5, 5.41) is 4.19. The average Bonchev–Trinajstić information content (AvgIpc) is 3.04. The van der Waals surface area contributed by atoms with E-state index in [1.807, 2.05) is 0 Å². The zero-order valence-corrected chi connectivity index (χ0v) is 11.0. The molecule has 2 aliphatic rings. The fourth-order valence-electron chi connectivity index (χ4n) is 2.65. The van der Waals surface area contributed by atoms with Crippen LogP contribution in [0.25, 0.3) is 0 Å². The van der Waals surface area contributed by atoms with E-state index in [0.717, 1.165) is 24.3 Å². The summed E-state index contributed by atoms with van der Waals surface area (Å²) >= 11 is 1.44. The minimum atomic E-state index is -0.356. The molecule has 2 aliphatic heterocycles. The minimum absolute atomic E-state index is 0.284. The van der Waals surface area contributed by atoms with Crippen LogP contribution in [0.3, 0.4) is 0 Å². The Hall–Kier alpha value is -1.14. The van der Waals surface area contributed by atoms with Crippen LogP contribution in [0.5, 0.6) is 0 Å². The molecule has 0 spiro atoms. The number of ether oxygens (including phenoxy) is 2. The first kappa shape index (κ1) is 11.9. The first-order valence-electron chi connectivity index (χ1n) is 6.30. The summed E-state index contributed by atoms with van der Waals surface area (Å²) in [6.07, 6.45) is 3.97. The van der Waals surface area contributed by atoms with Crippen molar-refractivity contribution in [1.82, 2.24) is 4.98 Å². The smallest absolute Gasteiger partial charge is 0.360 e. The number of thiazole rings is 1. The van der Waals surface area contributed by atoms with Gasteiger partial charge in [0.25, 0.3) is 0 Å². The first-order chi connectivity index (χ1) is 8.78. The lowest BCUT2D eigenvalue weighted by molar-refractivity contribution is 0.0521. The van der Waals surface area contributed by atoms with Crippen molar-refractivity contribution in [3.63, 3.8) is 0 Å². The van der Waals surface area contributed by atoms with Crippen molar-refractivity contribution in [2.45, 2.75) is 44.4 Å². The fraction of sp³-hybridized carbons (Fsp3) is 0.667. The van der Waals surface area contributed by atoms with Crippen LogP contribution in [-0.2, 0) is 9.47 Å². The lowest BCUT2D eigenvalue weighted by Crippen LogP contribution is -2.30. The number of hydrogen-bond acceptors (Lipinski definition) is 6. The van der Waals surface area contributed by atoms with Crippen molar-refractivity contribution in [2.75, 3.05) is 11.9 Å². The maximum absolute atomic E-state index is 11.7. The second kappa shape index (κ2) is 4.85. The van der Waals surface area contributed by atoms with Crippen molar-refractivity contribution in [3.8, 4) is 0 Å². The molecule has 0 amide bonds. The number of nitrogens with zero attached hydrogens (tertiary/aromatic N) is 1. The maximum atomic E-state index is 11.7. The van der Waals surface area contributed by atoms with Crippen LogP contribution >= 0.6 is 11.3 Å². The molecule has 0 radical (unpaired) electrons. The molecule has 5 nitrogen and oxygen atoms in total. The molecule has 0 saturated carbocycles. The van der Waals surface area contributed by atoms with Gasteiger partial charge in [0, 0.05) is 0 Å². The third kappa shape index (κ3) is 2.10. The number of anilines is 1. The number of rotatable bonds is 4. The summed E-state index contributed by atoms with van der Waals surface area (Å²) in [5.74, 6) is -0.356. The van der Waals surface area contributed by atoms with Crippen LogP contribution in [0.4, 0.5) is 5.00 Å². The van der Waals surface area contributed by atoms with Crippen LogP contribution in [0.2, 0.25) is 0 Å². The van der Waals surface area contributed by atoms with Gasteiger partial charge in [-0.25, -0.2) is 9.78 Å². The van der Waals surface area contributed by atoms with Crippen LogP contribution in [-0.4, -0.2) is 35.8 Å². The van der Waals surface area contributed by atoms with Crippen molar-refractivity contribution >= 4 is 22.3 Å². The fourth-order valence-corrected chi connectivity index (χ4v) is 3.38. The highest BCUT2D eigenvalue weighted by molar-refractivity contribution is 7.14. The molecule has 2 bridgehead atoms. The van der Waals surface area contributed by atoms with Crippen molar-refractivity contribution in [2.24, 2.45) is 0 Å². The lowest BCUT2D eigenvalue weighted by Gasteiger charge is -2.20. The number of carbonyl (C=O) groups excluding carboxylic acids is 1. The van der Waals surface area contributed by atoms with Crippen molar-refractivity contribution in [1.29, 1.82) is 0 Å². The maximum Gasteiger partial charge on any atom is 0.360 e. The molecule has 0 aromatic carbocycles. The molecule has 1 aromatic rings. The number of carbonyl (C=O) groups is 1. The predicted molar refractivity (Wildman–Crippen MR) is 68.0 cm³/mol. The highest BCUT2D eigenvalue weighted by atomic mass is 32.1. The molecule has 3 atom stereocenters. The minimum Gasteiger partial charge on any atom is -0.461 e. The molecule has 18 heavy (non-hydrogen) atoms. The normalized spacial score (nSPS) is 29.5. The zero-order chi connectivity index (χ0) is 12.5.